The van der Waals surface area contributed by atoms with Crippen LogP contribution in [0.5, 0.6) is 0 Å². The maximum Gasteiger partial charge on any atom is 0.471 e. The quantitative estimate of drug-likeness (QED) is 0.174. The van der Waals surface area contributed by atoms with E-state index in [-0.39, 0.29) is 23.7 Å². The fourth-order valence-electron chi connectivity index (χ4n) is 3.97. The van der Waals surface area contributed by atoms with Gasteiger partial charge in [0.05, 0.1) is 5.69 Å². The lowest BCUT2D eigenvalue weighted by atomic mass is 10.1. The molecule has 6 nitrogen and oxygen atoms in total. The third kappa shape index (κ3) is 10.2. The molecule has 0 aliphatic heterocycles. The number of halogens is 3. The molecule has 0 aliphatic rings. The summed E-state index contributed by atoms with van der Waals surface area (Å²) in [4.78, 5) is 39.0. The molecule has 10 heteroatoms. The van der Waals surface area contributed by atoms with Gasteiger partial charge in [-0.3, -0.25) is 14.4 Å². The minimum absolute atomic E-state index is 0.0554. The number of anilines is 2. The smallest absolute Gasteiger partial charge is 0.352 e. The van der Waals surface area contributed by atoms with Crippen LogP contribution in [0.4, 0.5) is 24.5 Å². The molecular weight excluding hydrogens is 527 g/mol. The Morgan fingerprint density at radius 2 is 1.44 bits per heavy atom. The van der Waals surface area contributed by atoms with E-state index in [4.69, 9.17) is 0 Å². The molecule has 0 radical (unpaired) electrons. The predicted octanol–water partition coefficient (Wildman–Crippen LogP) is 7.45. The third-order valence-corrected chi connectivity index (χ3v) is 6.99. The highest BCUT2D eigenvalue weighted by atomic mass is 32.2. The molecule has 2 N–H and O–H groups in total. The molecule has 0 aliphatic carbocycles. The highest BCUT2D eigenvalue weighted by Gasteiger charge is 2.42. The average molecular weight is 566 g/mol. The van der Waals surface area contributed by atoms with Crippen molar-refractivity contribution in [1.29, 1.82) is 0 Å². The molecular formula is C29H38F3N3O3S. The van der Waals surface area contributed by atoms with Gasteiger partial charge < -0.3 is 15.5 Å². The van der Waals surface area contributed by atoms with Crippen LogP contribution in [0, 0.1) is 0 Å². The highest BCUT2D eigenvalue weighted by molar-refractivity contribution is 7.98. The molecule has 2 aromatic rings. The van der Waals surface area contributed by atoms with E-state index in [0.717, 1.165) is 54.7 Å². The normalized spacial score (nSPS) is 11.2. The first-order chi connectivity index (χ1) is 18.6. The van der Waals surface area contributed by atoms with E-state index in [1.807, 2.05) is 13.2 Å². The fraction of sp³-hybridized carbons (Fsp3) is 0.483. The largest absolute Gasteiger partial charge is 0.471 e. The van der Waals surface area contributed by atoms with Crippen molar-refractivity contribution in [1.82, 2.24) is 5.32 Å². The lowest BCUT2D eigenvalue weighted by Crippen LogP contribution is -2.41. The van der Waals surface area contributed by atoms with Crippen LogP contribution in [0.25, 0.3) is 0 Å². The summed E-state index contributed by atoms with van der Waals surface area (Å²) in [6.07, 6.45) is 3.89. The monoisotopic (exact) mass is 565 g/mol. The summed E-state index contributed by atoms with van der Waals surface area (Å²) >= 11 is 1.40. The van der Waals surface area contributed by atoms with Gasteiger partial charge in [0, 0.05) is 34.8 Å². The van der Waals surface area contributed by atoms with E-state index in [0.29, 0.717) is 24.2 Å². The number of rotatable bonds is 15. The van der Waals surface area contributed by atoms with Gasteiger partial charge in [-0.2, -0.15) is 13.2 Å². The Balaban J connectivity index is 2.15. The summed E-state index contributed by atoms with van der Waals surface area (Å²) in [7, 11) is 0. The van der Waals surface area contributed by atoms with Crippen LogP contribution >= 0.6 is 11.8 Å². The number of carbonyl (C=O) groups is 3. The zero-order chi connectivity index (χ0) is 28.8. The maximum atomic E-state index is 13.3. The summed E-state index contributed by atoms with van der Waals surface area (Å²) in [5.74, 6) is -2.65. The molecule has 0 saturated heterocycles. The number of thioether (sulfide) groups is 1. The second-order valence-corrected chi connectivity index (χ2v) is 10.1. The first kappa shape index (κ1) is 32.2. The van der Waals surface area contributed by atoms with Gasteiger partial charge in [0.1, 0.15) is 0 Å². The second kappa shape index (κ2) is 16.2. The van der Waals surface area contributed by atoms with Crippen molar-refractivity contribution in [2.24, 2.45) is 0 Å². The summed E-state index contributed by atoms with van der Waals surface area (Å²) < 4.78 is 39.8. The zero-order valence-corrected chi connectivity index (χ0v) is 23.6. The molecule has 0 fully saturated rings. The molecule has 214 valence electrons. The summed E-state index contributed by atoms with van der Waals surface area (Å²) in [5.41, 5.74) is 1.16. The first-order valence-electron chi connectivity index (χ1n) is 13.4. The van der Waals surface area contributed by atoms with Crippen LogP contribution in [-0.2, 0) is 4.79 Å². The van der Waals surface area contributed by atoms with Gasteiger partial charge in [0.2, 0.25) is 0 Å². The second-order valence-electron chi connectivity index (χ2n) is 9.25. The topological polar surface area (TPSA) is 78.5 Å². The molecule has 2 rings (SSSR count). The van der Waals surface area contributed by atoms with Gasteiger partial charge >= 0.3 is 12.1 Å². The van der Waals surface area contributed by atoms with Crippen molar-refractivity contribution < 1.29 is 27.6 Å². The predicted molar refractivity (Wildman–Crippen MR) is 152 cm³/mol. The van der Waals surface area contributed by atoms with E-state index >= 15 is 0 Å². The van der Waals surface area contributed by atoms with Gasteiger partial charge in [-0.15, -0.1) is 11.8 Å². The van der Waals surface area contributed by atoms with Crippen molar-refractivity contribution in [3.05, 3.63) is 53.6 Å². The van der Waals surface area contributed by atoms with Gasteiger partial charge in [0.25, 0.3) is 11.8 Å². The maximum absolute atomic E-state index is 13.3. The van der Waals surface area contributed by atoms with Crippen LogP contribution in [0.15, 0.2) is 47.4 Å². The van der Waals surface area contributed by atoms with E-state index < -0.39 is 18.0 Å². The van der Waals surface area contributed by atoms with Crippen molar-refractivity contribution in [3.63, 3.8) is 0 Å². The summed E-state index contributed by atoms with van der Waals surface area (Å²) in [5, 5.41) is 5.64. The Morgan fingerprint density at radius 1 is 0.821 bits per heavy atom. The van der Waals surface area contributed by atoms with Gasteiger partial charge in [-0.25, -0.2) is 0 Å². The number of carbonyl (C=O) groups excluding carboxylic acids is 3. The molecule has 0 unspecified atom stereocenters. The summed E-state index contributed by atoms with van der Waals surface area (Å²) in [6, 6.07) is 10.5. The molecule has 0 spiro atoms. The van der Waals surface area contributed by atoms with E-state index in [2.05, 4.69) is 17.6 Å². The van der Waals surface area contributed by atoms with Gasteiger partial charge in [0.15, 0.2) is 0 Å². The number of nitrogens with one attached hydrogen (secondary N) is 2. The van der Waals surface area contributed by atoms with Gasteiger partial charge in [-0.05, 0) is 61.6 Å². The van der Waals surface area contributed by atoms with E-state index in [1.54, 1.807) is 18.2 Å². The molecule has 0 atom stereocenters. The Labute approximate surface area is 233 Å². The van der Waals surface area contributed by atoms with Crippen molar-refractivity contribution in [3.8, 4) is 0 Å². The molecule has 0 saturated carbocycles. The number of amides is 3. The van der Waals surface area contributed by atoms with Crippen molar-refractivity contribution >= 4 is 40.9 Å². The Morgan fingerprint density at radius 3 is 2.05 bits per heavy atom. The van der Waals surface area contributed by atoms with Crippen LogP contribution < -0.4 is 15.5 Å². The van der Waals surface area contributed by atoms with Crippen LogP contribution in [0.1, 0.15) is 85.9 Å². The average Bonchev–Trinajstić information content (AvgIpc) is 2.92. The number of alkyl halides is 3. The number of benzene rings is 2. The minimum Gasteiger partial charge on any atom is -0.352 e. The zero-order valence-electron chi connectivity index (χ0n) is 22.8. The molecule has 2 aromatic carbocycles. The lowest BCUT2D eigenvalue weighted by Gasteiger charge is -2.24. The van der Waals surface area contributed by atoms with E-state index in [1.165, 1.54) is 36.0 Å². The standard InChI is InChI=1S/C29H38F3N3O3S/c1-4-6-8-9-10-11-19-35(28(38)29(30,31)32)23-15-12-21(13-16-23)27(37)34-24-20-22(14-17-25(24)39-3)26(36)33-18-7-5-2/h12-17,20H,4-11,18-19H2,1-3H3,(H,33,36)(H,34,37). The first-order valence-corrected chi connectivity index (χ1v) is 14.6. The van der Waals surface area contributed by atoms with Crippen molar-refractivity contribution in [2.45, 2.75) is 76.3 Å². The molecule has 0 heterocycles. The number of hydrogen-bond acceptors (Lipinski definition) is 4. The minimum atomic E-state index is -5.00. The summed E-state index contributed by atoms with van der Waals surface area (Å²) in [6.45, 7) is 4.61. The Bertz CT molecular complexity index is 1090. The van der Waals surface area contributed by atoms with Crippen LogP contribution in [0.2, 0.25) is 0 Å². The lowest BCUT2D eigenvalue weighted by molar-refractivity contribution is -0.170. The SMILES string of the molecule is CCCCCCCCN(C(=O)C(F)(F)F)c1ccc(C(=O)Nc2cc(C(=O)NCCCC)ccc2SC)cc1. The number of unbranched alkanes of at least 4 members (excludes halogenated alkanes) is 6. The van der Waals surface area contributed by atoms with Crippen LogP contribution in [0.3, 0.4) is 0 Å². The Hall–Kier alpha value is -3.01. The molecule has 3 amide bonds. The van der Waals surface area contributed by atoms with Crippen molar-refractivity contribution in [2.75, 3.05) is 29.6 Å². The van der Waals surface area contributed by atoms with Gasteiger partial charge in [-0.1, -0.05) is 52.4 Å². The number of nitrogens with zero attached hydrogens (tertiary/aromatic N) is 1. The number of hydrogen-bond donors (Lipinski definition) is 2. The van der Waals surface area contributed by atoms with E-state index in [9.17, 15) is 27.6 Å². The van der Waals surface area contributed by atoms with Crippen LogP contribution in [-0.4, -0.2) is 43.2 Å². The molecule has 0 bridgehead atoms. The molecule has 0 aromatic heterocycles. The highest BCUT2D eigenvalue weighted by Crippen LogP contribution is 2.28. The third-order valence-electron chi connectivity index (χ3n) is 6.19. The Kier molecular flexibility index (Phi) is 13.4. The molecule has 39 heavy (non-hydrogen) atoms. The fourth-order valence-corrected chi connectivity index (χ4v) is 4.50.